The van der Waals surface area contributed by atoms with Crippen LogP contribution in [0.4, 0.5) is 0 Å². The zero-order valence-electron chi connectivity index (χ0n) is 18.1. The van der Waals surface area contributed by atoms with Crippen molar-refractivity contribution in [1.82, 2.24) is 14.9 Å². The number of hydrogen-bond acceptors (Lipinski definition) is 7. The van der Waals surface area contributed by atoms with Crippen molar-refractivity contribution < 1.29 is 32.1 Å². The molecule has 4 rings (SSSR count). The number of aliphatic imine (C=N–C) groups is 1. The van der Waals surface area contributed by atoms with Gasteiger partial charge in [0, 0.05) is 6.08 Å². The third kappa shape index (κ3) is 4.91. The quantitative estimate of drug-likeness (QED) is 0.183. The zero-order valence-corrected chi connectivity index (χ0v) is 21.3. The summed E-state index contributed by atoms with van der Waals surface area (Å²) < 4.78 is 31.9. The maximum atomic E-state index is 13.3. The number of fused-ring (bicyclic) bond motifs is 1. The van der Waals surface area contributed by atoms with Crippen molar-refractivity contribution in [2.24, 2.45) is 4.99 Å². The summed E-state index contributed by atoms with van der Waals surface area (Å²) in [5.41, 5.74) is 0.698. The predicted octanol–water partition coefficient (Wildman–Crippen LogP) is 0.592. The van der Waals surface area contributed by atoms with Crippen LogP contribution in [-0.4, -0.2) is 69.5 Å². The molecule has 3 atom stereocenters. The predicted molar refractivity (Wildman–Crippen MR) is 133 cm³/mol. The lowest BCUT2D eigenvalue weighted by Crippen LogP contribution is -2.66. The van der Waals surface area contributed by atoms with Crippen LogP contribution in [0, 0.1) is 0 Å². The zero-order chi connectivity index (χ0) is 25.5. The van der Waals surface area contributed by atoms with E-state index in [0.29, 0.717) is 21.0 Å². The standard InChI is InChI=1S/C21H19BrN4O7S2/c1-2-34-10-12(16-14(27)8-15(22)24-20(16)34)18(28)25-17(11-6-4-3-5-7-11)19(29)23-13-9-26(21(13)30)35(31,32)33/h3-8,10,13,17H,2,9H2,1H3,(H,23,29)(H,25,28)(H,31,32,33). The van der Waals surface area contributed by atoms with Crippen molar-refractivity contribution in [2.45, 2.75) is 19.0 Å². The molecule has 3 aliphatic heterocycles. The number of β-lactam (4-membered cyclic amide) rings is 1. The monoisotopic (exact) mass is 582 g/mol. The van der Waals surface area contributed by atoms with E-state index in [1.54, 1.807) is 35.7 Å². The average Bonchev–Trinajstić information content (AvgIpc) is 3.18. The van der Waals surface area contributed by atoms with Crippen molar-refractivity contribution in [3.8, 4) is 0 Å². The summed E-state index contributed by atoms with van der Waals surface area (Å²) >= 11 is 3.21. The second-order valence-corrected chi connectivity index (χ2v) is 11.8. The Balaban J connectivity index is 1.60. The van der Waals surface area contributed by atoms with Crippen molar-refractivity contribution >= 4 is 70.6 Å². The topological polar surface area (TPSA) is 162 Å². The summed E-state index contributed by atoms with van der Waals surface area (Å²) in [4.78, 5) is 55.4. The molecule has 0 radical (unpaired) electrons. The number of carbonyl (C=O) groups is 4. The van der Waals surface area contributed by atoms with Crippen LogP contribution >= 0.6 is 26.4 Å². The lowest BCUT2D eigenvalue weighted by Gasteiger charge is -2.36. The molecule has 1 saturated heterocycles. The van der Waals surface area contributed by atoms with E-state index in [2.05, 4.69) is 31.6 Å². The minimum absolute atomic E-state index is 0.112. The lowest BCUT2D eigenvalue weighted by molar-refractivity contribution is -0.141. The summed E-state index contributed by atoms with van der Waals surface area (Å²) in [6.07, 6.45) is 1.27. The number of ketones is 1. The van der Waals surface area contributed by atoms with Gasteiger partial charge in [0.2, 0.25) is 5.91 Å². The fourth-order valence-electron chi connectivity index (χ4n) is 3.67. The van der Waals surface area contributed by atoms with E-state index in [0.717, 1.165) is 0 Å². The normalized spacial score (nSPS) is 22.4. The molecular formula is C21H19BrN4O7S2. The number of nitrogens with zero attached hydrogens (tertiary/aromatic N) is 2. The van der Waals surface area contributed by atoms with Gasteiger partial charge >= 0.3 is 10.3 Å². The molecule has 3 heterocycles. The number of rotatable bonds is 7. The third-order valence-electron chi connectivity index (χ3n) is 5.41. The van der Waals surface area contributed by atoms with Crippen LogP contribution in [0.15, 0.2) is 57.2 Å². The molecule has 1 fully saturated rings. The van der Waals surface area contributed by atoms with Gasteiger partial charge in [-0.3, -0.25) is 23.7 Å². The molecule has 3 amide bonds. The number of carbonyl (C=O) groups excluding carboxylic acids is 4. The van der Waals surface area contributed by atoms with Crippen LogP contribution in [0.3, 0.4) is 0 Å². The van der Waals surface area contributed by atoms with Gasteiger partial charge in [-0.15, -0.1) is 10.5 Å². The van der Waals surface area contributed by atoms with Crippen molar-refractivity contribution in [3.05, 3.63) is 57.7 Å². The van der Waals surface area contributed by atoms with Crippen molar-refractivity contribution in [3.63, 3.8) is 0 Å². The van der Waals surface area contributed by atoms with Gasteiger partial charge in [0.25, 0.3) is 11.8 Å². The van der Waals surface area contributed by atoms with E-state index >= 15 is 0 Å². The molecule has 35 heavy (non-hydrogen) atoms. The van der Waals surface area contributed by atoms with Gasteiger partial charge in [-0.05, 0) is 32.6 Å². The number of allylic oxidation sites excluding steroid dienone is 1. The first-order valence-corrected chi connectivity index (χ1v) is 13.9. The number of hydrogen-bond donors (Lipinski definition) is 3. The summed E-state index contributed by atoms with van der Waals surface area (Å²) in [6, 6.07) is 5.81. The van der Waals surface area contributed by atoms with Gasteiger partial charge in [-0.1, -0.05) is 37.3 Å². The minimum Gasteiger partial charge on any atom is -0.341 e. The van der Waals surface area contributed by atoms with E-state index in [-0.39, 0.29) is 21.2 Å². The molecule has 184 valence electrons. The fourth-order valence-corrected chi connectivity index (χ4v) is 6.62. The van der Waals surface area contributed by atoms with Crippen LogP contribution < -0.4 is 10.6 Å². The van der Waals surface area contributed by atoms with Crippen molar-refractivity contribution in [1.29, 1.82) is 0 Å². The van der Waals surface area contributed by atoms with Gasteiger partial charge in [0.15, 0.2) is 5.78 Å². The molecule has 1 aromatic rings. The maximum absolute atomic E-state index is 13.3. The van der Waals surface area contributed by atoms with E-state index in [1.165, 1.54) is 6.08 Å². The SMILES string of the molecule is CCS1=CC(C(=O)NC(C(=O)NC2CN(S(=O)(=O)O)C2=O)c2ccccc2)=C2C(=O)C=C(Br)N=C21. The average molecular weight is 583 g/mol. The van der Waals surface area contributed by atoms with E-state index < -0.39 is 57.1 Å². The smallest absolute Gasteiger partial charge is 0.341 e. The number of nitrogens with one attached hydrogen (secondary N) is 2. The molecule has 3 N–H and O–H groups in total. The highest BCUT2D eigenvalue weighted by molar-refractivity contribution is 9.11. The molecule has 0 aromatic heterocycles. The lowest BCUT2D eigenvalue weighted by atomic mass is 10.0. The molecule has 3 unspecified atom stereocenters. The summed E-state index contributed by atoms with van der Waals surface area (Å²) in [6.45, 7) is 1.47. The van der Waals surface area contributed by atoms with E-state index in [1.807, 2.05) is 6.92 Å². The highest BCUT2D eigenvalue weighted by Gasteiger charge is 2.45. The van der Waals surface area contributed by atoms with Gasteiger partial charge in [0.1, 0.15) is 21.7 Å². The van der Waals surface area contributed by atoms with Crippen LogP contribution in [0.2, 0.25) is 0 Å². The molecule has 0 spiro atoms. The molecule has 1 aromatic carbocycles. The second kappa shape index (κ2) is 9.60. The van der Waals surface area contributed by atoms with E-state index in [9.17, 15) is 27.6 Å². The fraction of sp³-hybridized carbons (Fsp3) is 0.238. The molecular weight excluding hydrogens is 564 g/mol. The van der Waals surface area contributed by atoms with E-state index in [4.69, 9.17) is 4.55 Å². The van der Waals surface area contributed by atoms with Crippen LogP contribution in [-0.2, 0) is 29.5 Å². The molecule has 3 aliphatic rings. The Hall–Kier alpha value is -2.94. The third-order valence-corrected chi connectivity index (χ3v) is 8.64. The number of halogens is 1. The molecule has 14 heteroatoms. The summed E-state index contributed by atoms with van der Waals surface area (Å²) in [5, 5.41) is 7.20. The Morgan fingerprint density at radius 1 is 1.29 bits per heavy atom. The highest BCUT2D eigenvalue weighted by Crippen LogP contribution is 2.35. The number of benzene rings is 1. The Morgan fingerprint density at radius 2 is 1.97 bits per heavy atom. The Morgan fingerprint density at radius 3 is 2.57 bits per heavy atom. The molecule has 0 saturated carbocycles. The minimum atomic E-state index is -4.71. The second-order valence-electron chi connectivity index (χ2n) is 7.60. The summed E-state index contributed by atoms with van der Waals surface area (Å²) in [5.74, 6) is -2.17. The summed E-state index contributed by atoms with van der Waals surface area (Å²) in [7, 11) is -5.28. The Labute approximate surface area is 211 Å². The van der Waals surface area contributed by atoms with Gasteiger partial charge in [0.05, 0.1) is 17.7 Å². The first-order chi connectivity index (χ1) is 16.5. The van der Waals surface area contributed by atoms with Crippen LogP contribution in [0.5, 0.6) is 0 Å². The van der Waals surface area contributed by atoms with Gasteiger partial charge in [-0.2, -0.15) is 8.42 Å². The Kier molecular flexibility index (Phi) is 6.90. The number of amides is 3. The Bertz CT molecular complexity index is 1380. The van der Waals surface area contributed by atoms with Gasteiger partial charge in [-0.25, -0.2) is 9.30 Å². The first kappa shape index (κ1) is 25.2. The highest BCUT2D eigenvalue weighted by atomic mass is 79.9. The molecule has 11 nitrogen and oxygen atoms in total. The van der Waals surface area contributed by atoms with Gasteiger partial charge < -0.3 is 10.6 Å². The maximum Gasteiger partial charge on any atom is 0.362 e. The van der Waals surface area contributed by atoms with Crippen LogP contribution in [0.1, 0.15) is 18.5 Å². The largest absolute Gasteiger partial charge is 0.362 e. The first-order valence-electron chi connectivity index (χ1n) is 10.3. The molecule has 0 aliphatic carbocycles. The van der Waals surface area contributed by atoms with Crippen LogP contribution in [0.25, 0.3) is 0 Å². The van der Waals surface area contributed by atoms with Crippen molar-refractivity contribution in [2.75, 3.05) is 12.3 Å². The molecule has 0 bridgehead atoms.